The Kier molecular flexibility index (Phi) is 4.52. The number of anilines is 2. The highest BCUT2D eigenvalue weighted by atomic mass is 32.1. The lowest BCUT2D eigenvalue weighted by atomic mass is 10.2. The molecule has 2 N–H and O–H groups in total. The van der Waals surface area contributed by atoms with Gasteiger partial charge in [0.2, 0.25) is 0 Å². The molecule has 0 aliphatic carbocycles. The lowest BCUT2D eigenvalue weighted by molar-refractivity contribution is 0.0945. The van der Waals surface area contributed by atoms with Crippen LogP contribution in [0.5, 0.6) is 0 Å². The molecule has 0 saturated heterocycles. The van der Waals surface area contributed by atoms with Gasteiger partial charge in [-0.3, -0.25) is 4.79 Å². The van der Waals surface area contributed by atoms with Crippen LogP contribution in [0.3, 0.4) is 0 Å². The van der Waals surface area contributed by atoms with Gasteiger partial charge in [-0.25, -0.2) is 4.98 Å². The number of benzene rings is 1. The minimum Gasteiger partial charge on any atom is -0.350 e. The van der Waals surface area contributed by atoms with Gasteiger partial charge in [0.25, 0.3) is 5.91 Å². The van der Waals surface area contributed by atoms with Gasteiger partial charge in [0, 0.05) is 17.6 Å². The number of carbonyl (C=O) groups is 1. The van der Waals surface area contributed by atoms with Crippen molar-refractivity contribution in [1.29, 1.82) is 0 Å². The largest absolute Gasteiger partial charge is 0.350 e. The predicted octanol–water partition coefficient (Wildman–Crippen LogP) is 3.27. The van der Waals surface area contributed by atoms with Crippen LogP contribution < -0.4 is 10.6 Å². The minimum atomic E-state index is -0.119. The summed E-state index contributed by atoms with van der Waals surface area (Å²) >= 11 is 1.42. The molecule has 0 unspecified atom stereocenters. The first kappa shape index (κ1) is 13.5. The number of hydrogen-bond acceptors (Lipinski definition) is 4. The van der Waals surface area contributed by atoms with Crippen molar-refractivity contribution in [2.45, 2.75) is 13.8 Å². The smallest absolute Gasteiger partial charge is 0.270 e. The Morgan fingerprint density at radius 2 is 2.05 bits per heavy atom. The van der Waals surface area contributed by atoms with Crippen molar-refractivity contribution in [3.05, 3.63) is 41.4 Å². The maximum atomic E-state index is 11.8. The molecule has 0 fully saturated rings. The van der Waals surface area contributed by atoms with Crippen LogP contribution in [0.1, 0.15) is 24.3 Å². The maximum absolute atomic E-state index is 11.8. The van der Waals surface area contributed by atoms with Gasteiger partial charge < -0.3 is 10.6 Å². The van der Waals surface area contributed by atoms with Gasteiger partial charge in [-0.15, -0.1) is 11.3 Å². The first-order chi connectivity index (χ1) is 9.15. The molecule has 0 bridgehead atoms. The molecule has 1 aromatic heterocycles. The van der Waals surface area contributed by atoms with E-state index < -0.39 is 0 Å². The highest BCUT2D eigenvalue weighted by Crippen LogP contribution is 2.20. The first-order valence-corrected chi connectivity index (χ1v) is 7.09. The van der Waals surface area contributed by atoms with E-state index in [1.165, 1.54) is 11.3 Å². The van der Waals surface area contributed by atoms with Gasteiger partial charge in [-0.05, 0) is 18.1 Å². The Morgan fingerprint density at radius 1 is 1.32 bits per heavy atom. The van der Waals surface area contributed by atoms with Gasteiger partial charge in [-0.1, -0.05) is 32.0 Å². The van der Waals surface area contributed by atoms with E-state index >= 15 is 0 Å². The summed E-state index contributed by atoms with van der Waals surface area (Å²) in [5.41, 5.74) is 1.43. The predicted molar refractivity (Wildman–Crippen MR) is 79.0 cm³/mol. The van der Waals surface area contributed by atoms with Gasteiger partial charge in [0.05, 0.1) is 0 Å². The quantitative estimate of drug-likeness (QED) is 0.880. The Morgan fingerprint density at radius 3 is 2.74 bits per heavy atom. The lowest BCUT2D eigenvalue weighted by Gasteiger charge is -2.05. The molecule has 0 atom stereocenters. The zero-order valence-electron chi connectivity index (χ0n) is 11.0. The van der Waals surface area contributed by atoms with E-state index in [1.54, 1.807) is 5.38 Å². The van der Waals surface area contributed by atoms with Crippen LogP contribution in [0.4, 0.5) is 10.8 Å². The molecule has 100 valence electrons. The number of hydrogen-bond donors (Lipinski definition) is 2. The van der Waals surface area contributed by atoms with Crippen LogP contribution in [0.2, 0.25) is 0 Å². The van der Waals surface area contributed by atoms with Gasteiger partial charge in [-0.2, -0.15) is 0 Å². The molecule has 2 aromatic rings. The fourth-order valence-electron chi connectivity index (χ4n) is 1.47. The van der Waals surface area contributed by atoms with Crippen molar-refractivity contribution in [2.24, 2.45) is 5.92 Å². The number of aromatic nitrogens is 1. The molecular weight excluding hydrogens is 258 g/mol. The molecule has 1 amide bonds. The summed E-state index contributed by atoms with van der Waals surface area (Å²) < 4.78 is 0. The highest BCUT2D eigenvalue weighted by molar-refractivity contribution is 7.14. The van der Waals surface area contributed by atoms with E-state index in [1.807, 2.05) is 30.3 Å². The van der Waals surface area contributed by atoms with Crippen molar-refractivity contribution in [3.63, 3.8) is 0 Å². The second-order valence-electron chi connectivity index (χ2n) is 4.63. The summed E-state index contributed by atoms with van der Waals surface area (Å²) in [5, 5.41) is 8.51. The molecule has 0 radical (unpaired) electrons. The zero-order chi connectivity index (χ0) is 13.7. The number of para-hydroxylation sites is 1. The summed E-state index contributed by atoms with van der Waals surface area (Å²) in [6.07, 6.45) is 0. The monoisotopic (exact) mass is 275 g/mol. The Balaban J connectivity index is 1.97. The topological polar surface area (TPSA) is 54.0 Å². The van der Waals surface area contributed by atoms with Crippen LogP contribution in [-0.2, 0) is 0 Å². The Bertz CT molecular complexity index is 537. The van der Waals surface area contributed by atoms with Crippen LogP contribution in [0, 0.1) is 5.92 Å². The fraction of sp³-hybridized carbons (Fsp3) is 0.286. The summed E-state index contributed by atoms with van der Waals surface area (Å²) in [7, 11) is 0. The van der Waals surface area contributed by atoms with Crippen LogP contribution in [0.15, 0.2) is 35.7 Å². The number of rotatable bonds is 5. The van der Waals surface area contributed by atoms with Crippen molar-refractivity contribution < 1.29 is 4.79 Å². The molecule has 5 heteroatoms. The van der Waals surface area contributed by atoms with Crippen molar-refractivity contribution in [1.82, 2.24) is 10.3 Å². The summed E-state index contributed by atoms with van der Waals surface area (Å²) in [6.45, 7) is 4.78. The molecule has 0 aliphatic rings. The Hall–Kier alpha value is -1.88. The number of amides is 1. The van der Waals surface area contributed by atoms with E-state index in [2.05, 4.69) is 29.5 Å². The molecule has 2 rings (SSSR count). The third kappa shape index (κ3) is 4.06. The fourth-order valence-corrected chi connectivity index (χ4v) is 2.18. The molecule has 4 nitrogen and oxygen atoms in total. The van der Waals surface area contributed by atoms with Crippen LogP contribution in [0.25, 0.3) is 0 Å². The molecule has 19 heavy (non-hydrogen) atoms. The molecule has 0 aliphatic heterocycles. The number of thiazole rings is 1. The third-order valence-corrected chi connectivity index (χ3v) is 3.19. The number of carbonyl (C=O) groups excluding carboxylic acids is 1. The third-order valence-electron chi connectivity index (χ3n) is 2.43. The molecule has 1 heterocycles. The Labute approximate surface area is 116 Å². The van der Waals surface area contributed by atoms with E-state index in [0.29, 0.717) is 18.2 Å². The van der Waals surface area contributed by atoms with E-state index in [9.17, 15) is 4.79 Å². The first-order valence-electron chi connectivity index (χ1n) is 6.21. The summed E-state index contributed by atoms with van der Waals surface area (Å²) in [6, 6.07) is 9.77. The second kappa shape index (κ2) is 6.33. The van der Waals surface area contributed by atoms with Crippen LogP contribution >= 0.6 is 11.3 Å². The average molecular weight is 275 g/mol. The number of nitrogens with zero attached hydrogens (tertiary/aromatic N) is 1. The maximum Gasteiger partial charge on any atom is 0.270 e. The highest BCUT2D eigenvalue weighted by Gasteiger charge is 2.10. The molecule has 0 spiro atoms. The lowest BCUT2D eigenvalue weighted by Crippen LogP contribution is -2.27. The zero-order valence-corrected chi connectivity index (χ0v) is 11.8. The standard InChI is InChI=1S/C14H17N3OS/c1-10(2)8-15-13(18)12-9-19-14(17-12)16-11-6-4-3-5-7-11/h3-7,9-10H,8H2,1-2H3,(H,15,18)(H,16,17). The van der Waals surface area contributed by atoms with Crippen molar-refractivity contribution in [3.8, 4) is 0 Å². The van der Waals surface area contributed by atoms with Gasteiger partial charge in [0.15, 0.2) is 5.13 Å². The number of nitrogens with one attached hydrogen (secondary N) is 2. The van der Waals surface area contributed by atoms with Gasteiger partial charge in [0.1, 0.15) is 5.69 Å². The minimum absolute atomic E-state index is 0.119. The van der Waals surface area contributed by atoms with E-state index in [-0.39, 0.29) is 5.91 Å². The van der Waals surface area contributed by atoms with E-state index in [4.69, 9.17) is 0 Å². The van der Waals surface area contributed by atoms with Gasteiger partial charge >= 0.3 is 0 Å². The summed E-state index contributed by atoms with van der Waals surface area (Å²) in [5.74, 6) is 0.315. The molecule has 1 aromatic carbocycles. The summed E-state index contributed by atoms with van der Waals surface area (Å²) in [4.78, 5) is 16.1. The van der Waals surface area contributed by atoms with Crippen molar-refractivity contribution in [2.75, 3.05) is 11.9 Å². The van der Waals surface area contributed by atoms with Crippen LogP contribution in [-0.4, -0.2) is 17.4 Å². The SMILES string of the molecule is CC(C)CNC(=O)c1csc(Nc2ccccc2)n1. The van der Waals surface area contributed by atoms with E-state index in [0.717, 1.165) is 10.8 Å². The molecular formula is C14H17N3OS. The normalized spacial score (nSPS) is 10.5. The second-order valence-corrected chi connectivity index (χ2v) is 5.49. The van der Waals surface area contributed by atoms with Crippen molar-refractivity contribution >= 4 is 28.1 Å². The molecule has 0 saturated carbocycles. The average Bonchev–Trinajstić information content (AvgIpc) is 2.85.